The van der Waals surface area contributed by atoms with Gasteiger partial charge in [-0.25, -0.2) is 9.18 Å². The third-order valence-corrected chi connectivity index (χ3v) is 4.80. The number of amides is 1. The highest BCUT2D eigenvalue weighted by molar-refractivity contribution is 6.07. The highest BCUT2D eigenvalue weighted by Gasteiger charge is 2.27. The van der Waals surface area contributed by atoms with E-state index in [-0.39, 0.29) is 35.3 Å². The van der Waals surface area contributed by atoms with Crippen LogP contribution in [0.3, 0.4) is 0 Å². The van der Waals surface area contributed by atoms with Gasteiger partial charge in [0.15, 0.2) is 5.69 Å². The summed E-state index contributed by atoms with van der Waals surface area (Å²) in [5, 5.41) is 0. The summed E-state index contributed by atoms with van der Waals surface area (Å²) in [6.07, 6.45) is 2.03. The number of halogens is 1. The first-order valence-corrected chi connectivity index (χ1v) is 9.99. The molecule has 0 saturated heterocycles. The predicted octanol–water partition coefficient (Wildman–Crippen LogP) is 2.76. The van der Waals surface area contributed by atoms with Gasteiger partial charge in [0.2, 0.25) is 0 Å². The second-order valence-electron chi connectivity index (χ2n) is 7.48. The van der Waals surface area contributed by atoms with Crippen LogP contribution in [0.1, 0.15) is 50.4 Å². The number of hydrogen-bond acceptors (Lipinski definition) is 5. The molecule has 1 aromatic carbocycles. The van der Waals surface area contributed by atoms with Gasteiger partial charge in [0, 0.05) is 19.2 Å². The van der Waals surface area contributed by atoms with Crippen molar-refractivity contribution in [3.05, 3.63) is 50.4 Å². The Labute approximate surface area is 174 Å². The van der Waals surface area contributed by atoms with Gasteiger partial charge in [0.1, 0.15) is 17.4 Å². The Morgan fingerprint density at radius 3 is 2.60 bits per heavy atom. The number of ether oxygens (including phenoxy) is 1. The minimum atomic E-state index is -0.781. The van der Waals surface area contributed by atoms with Crippen LogP contribution in [0, 0.1) is 11.7 Å². The number of methoxy groups -OCH3 is 1. The van der Waals surface area contributed by atoms with E-state index in [0.29, 0.717) is 19.4 Å². The SMILES string of the molecule is CCCCn1c(N)c(N(CCC(C)C)C(=O)c2ccc(OC)cc2F)c(=O)[nH]c1=O. The molecule has 1 amide bonds. The van der Waals surface area contributed by atoms with E-state index in [4.69, 9.17) is 10.5 Å². The molecule has 2 aromatic rings. The van der Waals surface area contributed by atoms with Gasteiger partial charge < -0.3 is 15.4 Å². The Balaban J connectivity index is 2.61. The van der Waals surface area contributed by atoms with Crippen molar-refractivity contribution in [1.82, 2.24) is 9.55 Å². The summed E-state index contributed by atoms with van der Waals surface area (Å²) in [5.41, 5.74) is 4.38. The summed E-state index contributed by atoms with van der Waals surface area (Å²) in [6, 6.07) is 3.87. The number of nitrogen functional groups attached to an aromatic ring is 1. The average molecular weight is 420 g/mol. The van der Waals surface area contributed by atoms with Gasteiger partial charge in [-0.05, 0) is 30.9 Å². The molecule has 0 spiro atoms. The number of aromatic nitrogens is 2. The third-order valence-electron chi connectivity index (χ3n) is 4.80. The predicted molar refractivity (Wildman–Crippen MR) is 115 cm³/mol. The maximum absolute atomic E-state index is 14.6. The number of nitrogens with zero attached hydrogens (tertiary/aromatic N) is 2. The number of carbonyl (C=O) groups is 1. The zero-order chi connectivity index (χ0) is 22.4. The summed E-state index contributed by atoms with van der Waals surface area (Å²) in [4.78, 5) is 41.5. The minimum Gasteiger partial charge on any atom is -0.497 e. The number of H-pyrrole nitrogens is 1. The third kappa shape index (κ3) is 5.08. The fourth-order valence-corrected chi connectivity index (χ4v) is 3.02. The number of anilines is 2. The molecule has 0 aliphatic rings. The second kappa shape index (κ2) is 10.1. The standard InChI is InChI=1S/C21H29FN4O4/c1-5-6-10-26-18(23)17(19(27)24-21(26)29)25(11-9-13(2)3)20(28)15-8-7-14(30-4)12-16(15)22/h7-8,12-13H,5-6,9-11,23H2,1-4H3,(H,24,27,29). The molecule has 2 rings (SSSR count). The number of hydrogen-bond donors (Lipinski definition) is 2. The van der Waals surface area contributed by atoms with Crippen LogP contribution in [0.4, 0.5) is 15.9 Å². The molecule has 0 aliphatic heterocycles. The van der Waals surface area contributed by atoms with Crippen LogP contribution in [-0.2, 0) is 6.54 Å². The van der Waals surface area contributed by atoms with E-state index in [9.17, 15) is 18.8 Å². The molecule has 8 nitrogen and oxygen atoms in total. The molecule has 0 fully saturated rings. The first-order chi connectivity index (χ1) is 14.2. The van der Waals surface area contributed by atoms with Crippen molar-refractivity contribution in [1.29, 1.82) is 0 Å². The van der Waals surface area contributed by atoms with Gasteiger partial charge in [-0.3, -0.25) is 19.1 Å². The Kier molecular flexibility index (Phi) is 7.79. The molecule has 0 bridgehead atoms. The lowest BCUT2D eigenvalue weighted by molar-refractivity contribution is 0.0981. The monoisotopic (exact) mass is 420 g/mol. The van der Waals surface area contributed by atoms with Crippen LogP contribution < -0.4 is 26.6 Å². The maximum Gasteiger partial charge on any atom is 0.330 e. The molecule has 0 unspecified atom stereocenters. The Bertz CT molecular complexity index is 1010. The van der Waals surface area contributed by atoms with Crippen LogP contribution in [0.25, 0.3) is 0 Å². The van der Waals surface area contributed by atoms with Crippen molar-refractivity contribution < 1.29 is 13.9 Å². The summed E-state index contributed by atoms with van der Waals surface area (Å²) < 4.78 is 20.8. The molecular weight excluding hydrogens is 391 g/mol. The largest absolute Gasteiger partial charge is 0.497 e. The van der Waals surface area contributed by atoms with E-state index in [1.54, 1.807) is 0 Å². The molecule has 164 valence electrons. The number of rotatable bonds is 9. The number of aromatic amines is 1. The zero-order valence-electron chi connectivity index (χ0n) is 17.8. The topological polar surface area (TPSA) is 110 Å². The minimum absolute atomic E-state index is 0.108. The van der Waals surface area contributed by atoms with Crippen molar-refractivity contribution in [2.75, 3.05) is 24.3 Å². The molecule has 0 aliphatic carbocycles. The molecule has 0 saturated carbocycles. The van der Waals surface area contributed by atoms with E-state index in [1.807, 2.05) is 20.8 Å². The van der Waals surface area contributed by atoms with Gasteiger partial charge in [-0.2, -0.15) is 0 Å². The summed E-state index contributed by atoms with van der Waals surface area (Å²) in [6.45, 7) is 6.33. The van der Waals surface area contributed by atoms with E-state index >= 15 is 0 Å². The van der Waals surface area contributed by atoms with Gasteiger partial charge >= 0.3 is 5.69 Å². The molecule has 9 heteroatoms. The van der Waals surface area contributed by atoms with Crippen LogP contribution in [0.2, 0.25) is 0 Å². The highest BCUT2D eigenvalue weighted by Crippen LogP contribution is 2.24. The Morgan fingerprint density at radius 2 is 2.03 bits per heavy atom. The first kappa shape index (κ1) is 23.2. The van der Waals surface area contributed by atoms with Gasteiger partial charge in [0.25, 0.3) is 11.5 Å². The summed E-state index contributed by atoms with van der Waals surface area (Å²) in [5.74, 6) is -1.12. The van der Waals surface area contributed by atoms with Gasteiger partial charge in [-0.1, -0.05) is 27.2 Å². The van der Waals surface area contributed by atoms with E-state index < -0.39 is 23.0 Å². The maximum atomic E-state index is 14.6. The molecule has 3 N–H and O–H groups in total. The van der Waals surface area contributed by atoms with Crippen molar-refractivity contribution in [3.63, 3.8) is 0 Å². The van der Waals surface area contributed by atoms with Crippen molar-refractivity contribution in [3.8, 4) is 5.75 Å². The van der Waals surface area contributed by atoms with E-state index in [0.717, 1.165) is 17.4 Å². The highest BCUT2D eigenvalue weighted by atomic mass is 19.1. The van der Waals surface area contributed by atoms with Gasteiger partial charge in [-0.15, -0.1) is 0 Å². The second-order valence-corrected chi connectivity index (χ2v) is 7.48. The van der Waals surface area contributed by atoms with Crippen LogP contribution in [-0.4, -0.2) is 29.1 Å². The average Bonchev–Trinajstić information content (AvgIpc) is 2.69. The number of nitrogens with one attached hydrogen (secondary N) is 1. The van der Waals surface area contributed by atoms with E-state index in [2.05, 4.69) is 4.98 Å². The smallest absolute Gasteiger partial charge is 0.330 e. The molecule has 0 atom stereocenters. The number of benzene rings is 1. The zero-order valence-corrected chi connectivity index (χ0v) is 17.8. The molecule has 0 radical (unpaired) electrons. The van der Waals surface area contributed by atoms with Gasteiger partial charge in [0.05, 0.1) is 12.7 Å². The molecule has 1 heterocycles. The lowest BCUT2D eigenvalue weighted by atomic mass is 10.1. The molecular formula is C21H29FN4O4. The lowest BCUT2D eigenvalue weighted by Crippen LogP contribution is -2.42. The van der Waals surface area contributed by atoms with Crippen LogP contribution in [0.15, 0.2) is 27.8 Å². The molecule has 1 aromatic heterocycles. The number of unbranched alkanes of at least 4 members (excludes halogenated alkanes) is 1. The molecule has 30 heavy (non-hydrogen) atoms. The van der Waals surface area contributed by atoms with Crippen molar-refractivity contribution in [2.45, 2.75) is 46.6 Å². The summed E-state index contributed by atoms with van der Waals surface area (Å²) >= 11 is 0. The quantitative estimate of drug-likeness (QED) is 0.648. The van der Waals surface area contributed by atoms with Crippen LogP contribution >= 0.6 is 0 Å². The van der Waals surface area contributed by atoms with Crippen molar-refractivity contribution in [2.24, 2.45) is 5.92 Å². The van der Waals surface area contributed by atoms with E-state index in [1.165, 1.54) is 23.8 Å². The fourth-order valence-electron chi connectivity index (χ4n) is 3.02. The lowest BCUT2D eigenvalue weighted by Gasteiger charge is -2.25. The first-order valence-electron chi connectivity index (χ1n) is 9.99. The van der Waals surface area contributed by atoms with Crippen LogP contribution in [0.5, 0.6) is 5.75 Å². The normalized spacial score (nSPS) is 11.0. The number of nitrogens with two attached hydrogens (primary N) is 1. The Hall–Kier alpha value is -3.10. The summed E-state index contributed by atoms with van der Waals surface area (Å²) in [7, 11) is 1.39. The Morgan fingerprint density at radius 1 is 1.33 bits per heavy atom. The van der Waals surface area contributed by atoms with Crippen molar-refractivity contribution >= 4 is 17.4 Å². The number of carbonyl (C=O) groups excluding carboxylic acids is 1. The fraction of sp³-hybridized carbons (Fsp3) is 0.476.